The number of carbonyl (C=O) groups is 1. The van der Waals surface area contributed by atoms with Gasteiger partial charge in [-0.3, -0.25) is 9.69 Å². The minimum absolute atomic E-state index is 0.0364. The molecule has 3 heterocycles. The van der Waals surface area contributed by atoms with E-state index in [1.54, 1.807) is 23.5 Å². The summed E-state index contributed by atoms with van der Waals surface area (Å²) in [5, 5.41) is 3.12. The number of amides is 1. The van der Waals surface area contributed by atoms with Crippen molar-refractivity contribution in [2.24, 2.45) is 0 Å². The van der Waals surface area contributed by atoms with Crippen LogP contribution in [0.25, 0.3) is 0 Å². The minimum atomic E-state index is -0.176. The van der Waals surface area contributed by atoms with Gasteiger partial charge in [-0.25, -0.2) is 9.37 Å². The summed E-state index contributed by atoms with van der Waals surface area (Å²) >= 11 is 1.64. The Labute approximate surface area is 164 Å². The highest BCUT2D eigenvalue weighted by Crippen LogP contribution is 2.40. The van der Waals surface area contributed by atoms with Crippen LogP contribution >= 0.6 is 11.3 Å². The van der Waals surface area contributed by atoms with E-state index >= 15 is 0 Å². The first kappa shape index (κ1) is 18.6. The summed E-state index contributed by atoms with van der Waals surface area (Å²) < 4.78 is 13.5. The van der Waals surface area contributed by atoms with E-state index in [0.717, 1.165) is 61.6 Å². The van der Waals surface area contributed by atoms with E-state index in [-0.39, 0.29) is 17.3 Å². The van der Waals surface area contributed by atoms with Crippen molar-refractivity contribution < 1.29 is 9.18 Å². The highest BCUT2D eigenvalue weighted by Gasteiger charge is 2.45. The molecule has 4 nitrogen and oxygen atoms in total. The molecule has 1 atom stereocenters. The van der Waals surface area contributed by atoms with Crippen molar-refractivity contribution >= 4 is 17.2 Å². The quantitative estimate of drug-likeness (QED) is 0.791. The second-order valence-corrected chi connectivity index (χ2v) is 8.88. The van der Waals surface area contributed by atoms with Gasteiger partial charge in [0.15, 0.2) is 0 Å². The summed E-state index contributed by atoms with van der Waals surface area (Å²) in [6.45, 7) is 5.35. The van der Waals surface area contributed by atoms with E-state index < -0.39 is 0 Å². The van der Waals surface area contributed by atoms with Gasteiger partial charge in [-0.2, -0.15) is 0 Å². The first-order valence-corrected chi connectivity index (χ1v) is 10.6. The fraction of sp³-hybridized carbons (Fsp3) is 0.524. The zero-order valence-corrected chi connectivity index (χ0v) is 16.6. The standard InChI is InChI=1S/C21H26FN3OS/c1-16-23-19(15-27-16)14-25-20(26)6-8-21(25)7-3-10-24(11-9-21)13-17-4-2-5-18(22)12-17/h2,4-5,12,15H,3,6-11,13-14H2,1H3. The average molecular weight is 388 g/mol. The Morgan fingerprint density at radius 1 is 1.22 bits per heavy atom. The highest BCUT2D eigenvalue weighted by molar-refractivity contribution is 7.09. The van der Waals surface area contributed by atoms with E-state index in [2.05, 4.69) is 20.2 Å². The van der Waals surface area contributed by atoms with Gasteiger partial charge in [0.1, 0.15) is 5.82 Å². The fourth-order valence-electron chi connectivity index (χ4n) is 4.58. The number of carbonyl (C=O) groups excluding carboxylic acids is 1. The minimum Gasteiger partial charge on any atom is -0.331 e. The topological polar surface area (TPSA) is 36.4 Å². The summed E-state index contributed by atoms with van der Waals surface area (Å²) in [6.07, 6.45) is 4.68. The molecule has 2 aliphatic heterocycles. The number of hydrogen-bond donors (Lipinski definition) is 0. The molecular weight excluding hydrogens is 361 g/mol. The largest absolute Gasteiger partial charge is 0.331 e. The molecule has 1 spiro atoms. The zero-order valence-electron chi connectivity index (χ0n) is 15.8. The molecule has 1 aromatic carbocycles. The molecule has 1 unspecified atom stereocenters. The molecule has 144 valence electrons. The van der Waals surface area contributed by atoms with Gasteiger partial charge in [0.25, 0.3) is 0 Å². The first-order chi connectivity index (χ1) is 13.0. The van der Waals surface area contributed by atoms with Gasteiger partial charge >= 0.3 is 0 Å². The summed E-state index contributed by atoms with van der Waals surface area (Å²) in [6, 6.07) is 6.87. The van der Waals surface area contributed by atoms with Crippen LogP contribution in [0.15, 0.2) is 29.6 Å². The monoisotopic (exact) mass is 387 g/mol. The lowest BCUT2D eigenvalue weighted by Gasteiger charge is -2.38. The van der Waals surface area contributed by atoms with Crippen LogP contribution in [0.3, 0.4) is 0 Å². The SMILES string of the molecule is Cc1nc(CN2C(=O)CCC23CCCN(Cc2cccc(F)c2)CC3)cs1. The number of nitrogens with zero attached hydrogens (tertiary/aromatic N) is 3. The number of hydrogen-bond acceptors (Lipinski definition) is 4. The third-order valence-corrected chi connectivity index (χ3v) is 6.79. The lowest BCUT2D eigenvalue weighted by atomic mass is 9.87. The summed E-state index contributed by atoms with van der Waals surface area (Å²) in [5.74, 6) is 0.0872. The maximum absolute atomic E-state index is 13.5. The number of rotatable bonds is 4. The molecule has 0 aliphatic carbocycles. The molecule has 0 radical (unpaired) electrons. The van der Waals surface area contributed by atoms with Crippen molar-refractivity contribution in [3.63, 3.8) is 0 Å². The van der Waals surface area contributed by atoms with E-state index in [1.807, 2.05) is 13.0 Å². The van der Waals surface area contributed by atoms with Crippen LogP contribution < -0.4 is 0 Å². The molecule has 27 heavy (non-hydrogen) atoms. The lowest BCUT2D eigenvalue weighted by molar-refractivity contribution is -0.132. The van der Waals surface area contributed by atoms with Crippen molar-refractivity contribution in [2.45, 2.75) is 57.7 Å². The van der Waals surface area contributed by atoms with Crippen LogP contribution in [0.5, 0.6) is 0 Å². The molecule has 0 saturated carbocycles. The molecule has 2 saturated heterocycles. The summed E-state index contributed by atoms with van der Waals surface area (Å²) in [4.78, 5) is 21.7. The van der Waals surface area contributed by atoms with Crippen LogP contribution in [0.2, 0.25) is 0 Å². The highest BCUT2D eigenvalue weighted by atomic mass is 32.1. The van der Waals surface area contributed by atoms with Gasteiger partial charge < -0.3 is 4.90 Å². The van der Waals surface area contributed by atoms with Gasteiger partial charge in [0, 0.05) is 30.4 Å². The van der Waals surface area contributed by atoms with Crippen LogP contribution in [-0.4, -0.2) is 39.3 Å². The average Bonchev–Trinajstić information content (AvgIpc) is 3.10. The molecule has 2 aromatic rings. The third-order valence-electron chi connectivity index (χ3n) is 5.97. The third kappa shape index (κ3) is 4.06. The zero-order chi connectivity index (χ0) is 18.9. The van der Waals surface area contributed by atoms with Crippen LogP contribution in [-0.2, 0) is 17.9 Å². The van der Waals surface area contributed by atoms with Gasteiger partial charge in [-0.15, -0.1) is 11.3 Å². The predicted octanol–water partition coefficient (Wildman–Crippen LogP) is 4.14. The Bertz CT molecular complexity index is 823. The van der Waals surface area contributed by atoms with Crippen molar-refractivity contribution in [2.75, 3.05) is 13.1 Å². The number of likely N-dealkylation sites (tertiary alicyclic amines) is 2. The second-order valence-electron chi connectivity index (χ2n) is 7.82. The maximum atomic E-state index is 13.5. The summed E-state index contributed by atoms with van der Waals surface area (Å²) in [5.41, 5.74) is 1.99. The molecule has 6 heteroatoms. The molecule has 2 aliphatic rings. The van der Waals surface area contributed by atoms with E-state index in [0.29, 0.717) is 13.0 Å². The van der Waals surface area contributed by atoms with Gasteiger partial charge in [0.2, 0.25) is 5.91 Å². The Morgan fingerprint density at radius 2 is 2.11 bits per heavy atom. The Hall–Kier alpha value is -1.79. The van der Waals surface area contributed by atoms with E-state index in [1.165, 1.54) is 6.07 Å². The fourth-order valence-corrected chi connectivity index (χ4v) is 5.18. The molecule has 0 bridgehead atoms. The Morgan fingerprint density at radius 3 is 2.89 bits per heavy atom. The number of aromatic nitrogens is 1. The maximum Gasteiger partial charge on any atom is 0.223 e. The van der Waals surface area contributed by atoms with E-state index in [9.17, 15) is 9.18 Å². The smallest absolute Gasteiger partial charge is 0.223 e. The van der Waals surface area contributed by atoms with E-state index in [4.69, 9.17) is 0 Å². The van der Waals surface area contributed by atoms with Crippen molar-refractivity contribution in [1.82, 2.24) is 14.8 Å². The summed E-state index contributed by atoms with van der Waals surface area (Å²) in [7, 11) is 0. The number of benzene rings is 1. The van der Waals surface area contributed by atoms with Crippen molar-refractivity contribution in [3.05, 3.63) is 51.7 Å². The predicted molar refractivity (Wildman–Crippen MR) is 105 cm³/mol. The lowest BCUT2D eigenvalue weighted by Crippen LogP contribution is -2.46. The van der Waals surface area contributed by atoms with Crippen molar-refractivity contribution in [3.8, 4) is 0 Å². The van der Waals surface area contributed by atoms with Crippen LogP contribution in [0.1, 0.15) is 48.4 Å². The first-order valence-electron chi connectivity index (χ1n) is 9.72. The number of thiazole rings is 1. The Balaban J connectivity index is 1.45. The number of halogens is 1. The Kier molecular flexibility index (Phi) is 5.28. The molecular formula is C21H26FN3OS. The molecule has 1 aromatic heterocycles. The molecule has 4 rings (SSSR count). The van der Waals surface area contributed by atoms with Crippen molar-refractivity contribution in [1.29, 1.82) is 0 Å². The van der Waals surface area contributed by atoms with Gasteiger partial charge in [-0.05, 0) is 56.8 Å². The molecule has 0 N–H and O–H groups in total. The van der Waals surface area contributed by atoms with Gasteiger partial charge in [0.05, 0.1) is 17.2 Å². The van der Waals surface area contributed by atoms with Crippen LogP contribution in [0, 0.1) is 12.7 Å². The number of aryl methyl sites for hydroxylation is 1. The molecule has 2 fully saturated rings. The van der Waals surface area contributed by atoms with Gasteiger partial charge in [-0.1, -0.05) is 12.1 Å². The van der Waals surface area contributed by atoms with Crippen LogP contribution in [0.4, 0.5) is 4.39 Å². The normalized spacial score (nSPS) is 23.9. The molecule has 1 amide bonds. The second kappa shape index (κ2) is 7.68.